The molecule has 0 spiro atoms. The van der Waals surface area contributed by atoms with Gasteiger partial charge in [-0.25, -0.2) is 9.07 Å². The molecule has 0 amide bonds. The van der Waals surface area contributed by atoms with E-state index in [0.29, 0.717) is 34.9 Å². The van der Waals surface area contributed by atoms with Crippen LogP contribution in [0.2, 0.25) is 5.02 Å². The summed E-state index contributed by atoms with van der Waals surface area (Å²) in [5.74, 6) is 0.406. The van der Waals surface area contributed by atoms with Crippen molar-refractivity contribution in [3.05, 3.63) is 91.6 Å². The Hall–Kier alpha value is -3.63. The van der Waals surface area contributed by atoms with E-state index in [0.717, 1.165) is 0 Å². The lowest BCUT2D eigenvalue weighted by molar-refractivity contribution is 0.266. The topological polar surface area (TPSA) is 76.6 Å². The summed E-state index contributed by atoms with van der Waals surface area (Å²) >= 11 is 6.06. The van der Waals surface area contributed by atoms with Crippen molar-refractivity contribution in [2.24, 2.45) is 5.10 Å². The van der Waals surface area contributed by atoms with Gasteiger partial charge in [-0.1, -0.05) is 17.7 Å². The van der Waals surface area contributed by atoms with E-state index in [4.69, 9.17) is 21.1 Å². The van der Waals surface area contributed by atoms with Crippen LogP contribution < -0.4 is 15.0 Å². The van der Waals surface area contributed by atoms with E-state index in [9.17, 15) is 14.4 Å². The Labute approximate surface area is 190 Å². The average molecular weight is 454 g/mol. The lowest BCUT2D eigenvalue weighted by atomic mass is 10.1. The maximum absolute atomic E-state index is 14.0. The second-order valence-electron chi connectivity index (χ2n) is 6.95. The third-order valence-corrected chi connectivity index (χ3v) is 5.05. The fourth-order valence-corrected chi connectivity index (χ4v) is 3.32. The van der Waals surface area contributed by atoms with Gasteiger partial charge in [0.2, 0.25) is 0 Å². The second-order valence-corrected chi connectivity index (χ2v) is 7.35. The quantitative estimate of drug-likeness (QED) is 0.472. The maximum Gasteiger partial charge on any atom is 0.289 e. The normalized spacial score (nSPS) is 10.9. The molecule has 3 rings (SSSR count). The number of nitrogens with zero attached hydrogens (tertiary/aromatic N) is 3. The highest BCUT2D eigenvalue weighted by Crippen LogP contribution is 2.30. The number of ether oxygens (including phenoxy) is 2. The zero-order chi connectivity index (χ0) is 23.3. The van der Waals surface area contributed by atoms with E-state index in [-0.39, 0.29) is 22.8 Å². The Balaban J connectivity index is 1.88. The third kappa shape index (κ3) is 4.98. The van der Waals surface area contributed by atoms with Crippen molar-refractivity contribution in [2.75, 3.05) is 6.61 Å². The van der Waals surface area contributed by atoms with Gasteiger partial charge in [-0.05, 0) is 68.3 Å². The molecule has 0 saturated heterocycles. The standard InChI is InChI=1S/C24H21ClFN3O3/c1-4-31-23-11-17(13-28-29-16(3)10-15(2)18(12-27)24(29)30)8-9-22(23)32-14-19-20(25)6-5-7-21(19)26/h5-11,13H,4,14H2,1-3H3/b28-13+. The zero-order valence-corrected chi connectivity index (χ0v) is 18.6. The molecule has 0 atom stereocenters. The first kappa shape index (κ1) is 23.0. The third-order valence-electron chi connectivity index (χ3n) is 4.70. The zero-order valence-electron chi connectivity index (χ0n) is 17.9. The number of aryl methyl sites for hydroxylation is 2. The molecule has 0 radical (unpaired) electrons. The van der Waals surface area contributed by atoms with Crippen molar-refractivity contribution in [3.8, 4) is 17.6 Å². The molecule has 0 fully saturated rings. The summed E-state index contributed by atoms with van der Waals surface area (Å²) in [5.41, 5.74) is 1.69. The maximum atomic E-state index is 14.0. The molecule has 2 aromatic carbocycles. The molecule has 0 bridgehead atoms. The first-order valence-electron chi connectivity index (χ1n) is 9.86. The Morgan fingerprint density at radius 3 is 2.66 bits per heavy atom. The van der Waals surface area contributed by atoms with Gasteiger partial charge in [0.1, 0.15) is 24.1 Å². The van der Waals surface area contributed by atoms with Gasteiger partial charge in [-0.15, -0.1) is 0 Å². The summed E-state index contributed by atoms with van der Waals surface area (Å²) in [7, 11) is 0. The molecule has 0 aliphatic heterocycles. The molecule has 0 aliphatic rings. The highest BCUT2D eigenvalue weighted by atomic mass is 35.5. The molecule has 0 saturated carbocycles. The van der Waals surface area contributed by atoms with E-state index in [2.05, 4.69) is 5.10 Å². The predicted octanol–water partition coefficient (Wildman–Crippen LogP) is 4.99. The monoisotopic (exact) mass is 453 g/mol. The number of aromatic nitrogens is 1. The molecule has 6 nitrogen and oxygen atoms in total. The summed E-state index contributed by atoms with van der Waals surface area (Å²) in [6, 6.07) is 13.2. The molecule has 0 unspecified atom stereocenters. The number of nitriles is 1. The van der Waals surface area contributed by atoms with Crippen LogP contribution in [0.15, 0.2) is 52.4 Å². The Bertz CT molecular complexity index is 1260. The van der Waals surface area contributed by atoms with Crippen LogP contribution in [0, 0.1) is 31.0 Å². The summed E-state index contributed by atoms with van der Waals surface area (Å²) in [5, 5.41) is 13.7. The van der Waals surface area contributed by atoms with Gasteiger partial charge in [0.25, 0.3) is 5.56 Å². The molecule has 0 N–H and O–H groups in total. The molecule has 1 aromatic heterocycles. The van der Waals surface area contributed by atoms with Crippen LogP contribution in [0.25, 0.3) is 0 Å². The minimum absolute atomic E-state index is 0.0540. The van der Waals surface area contributed by atoms with Crippen LogP contribution in [0.5, 0.6) is 11.5 Å². The van der Waals surface area contributed by atoms with E-state index in [1.54, 1.807) is 44.2 Å². The van der Waals surface area contributed by atoms with Gasteiger partial charge < -0.3 is 9.47 Å². The summed E-state index contributed by atoms with van der Waals surface area (Å²) in [4.78, 5) is 12.5. The molecule has 3 aromatic rings. The van der Waals surface area contributed by atoms with Crippen molar-refractivity contribution >= 4 is 17.8 Å². The van der Waals surface area contributed by atoms with Gasteiger partial charge in [-0.3, -0.25) is 4.79 Å². The molecular formula is C24H21ClFN3O3. The number of hydrogen-bond donors (Lipinski definition) is 0. The number of hydrogen-bond acceptors (Lipinski definition) is 5. The number of pyridine rings is 1. The summed E-state index contributed by atoms with van der Waals surface area (Å²) < 4.78 is 26.6. The fraction of sp³-hybridized carbons (Fsp3) is 0.208. The van der Waals surface area contributed by atoms with Crippen molar-refractivity contribution < 1.29 is 13.9 Å². The Kier molecular flexibility index (Phi) is 7.29. The van der Waals surface area contributed by atoms with E-state index < -0.39 is 11.4 Å². The van der Waals surface area contributed by atoms with Gasteiger partial charge in [0, 0.05) is 11.3 Å². The Morgan fingerprint density at radius 2 is 1.97 bits per heavy atom. The minimum Gasteiger partial charge on any atom is -0.490 e. The summed E-state index contributed by atoms with van der Waals surface area (Å²) in [6.07, 6.45) is 1.49. The summed E-state index contributed by atoms with van der Waals surface area (Å²) in [6.45, 7) is 5.61. The van der Waals surface area contributed by atoms with Crippen molar-refractivity contribution in [2.45, 2.75) is 27.4 Å². The van der Waals surface area contributed by atoms with Crippen LogP contribution in [0.1, 0.15) is 34.9 Å². The molecular weight excluding hydrogens is 433 g/mol. The second kappa shape index (κ2) is 10.1. The highest BCUT2D eigenvalue weighted by molar-refractivity contribution is 6.31. The predicted molar refractivity (Wildman–Crippen MR) is 121 cm³/mol. The van der Waals surface area contributed by atoms with Gasteiger partial charge in [0.15, 0.2) is 11.5 Å². The van der Waals surface area contributed by atoms with Crippen LogP contribution in [-0.4, -0.2) is 17.5 Å². The first-order valence-corrected chi connectivity index (χ1v) is 10.2. The molecule has 32 heavy (non-hydrogen) atoms. The van der Waals surface area contributed by atoms with E-state index >= 15 is 0 Å². The van der Waals surface area contributed by atoms with Gasteiger partial charge >= 0.3 is 0 Å². The number of benzene rings is 2. The van der Waals surface area contributed by atoms with Crippen LogP contribution >= 0.6 is 11.6 Å². The van der Waals surface area contributed by atoms with Crippen molar-refractivity contribution in [3.63, 3.8) is 0 Å². The lowest BCUT2D eigenvalue weighted by Gasteiger charge is -2.13. The van der Waals surface area contributed by atoms with E-state index in [1.165, 1.54) is 23.0 Å². The van der Waals surface area contributed by atoms with Crippen molar-refractivity contribution in [1.82, 2.24) is 4.68 Å². The van der Waals surface area contributed by atoms with Crippen LogP contribution in [0.3, 0.4) is 0 Å². The lowest BCUT2D eigenvalue weighted by Crippen LogP contribution is -2.22. The SMILES string of the molecule is CCOc1cc(/C=N/n2c(C)cc(C)c(C#N)c2=O)ccc1OCc1c(F)cccc1Cl. The first-order chi connectivity index (χ1) is 15.3. The largest absolute Gasteiger partial charge is 0.490 e. The number of rotatable bonds is 7. The average Bonchev–Trinajstić information content (AvgIpc) is 2.74. The van der Waals surface area contributed by atoms with E-state index in [1.807, 2.05) is 13.0 Å². The molecule has 1 heterocycles. The highest BCUT2D eigenvalue weighted by Gasteiger charge is 2.12. The van der Waals surface area contributed by atoms with Gasteiger partial charge in [0.05, 0.1) is 17.8 Å². The number of halogens is 2. The fourth-order valence-electron chi connectivity index (χ4n) is 3.10. The smallest absolute Gasteiger partial charge is 0.289 e. The minimum atomic E-state index is -0.479. The van der Waals surface area contributed by atoms with Crippen molar-refractivity contribution in [1.29, 1.82) is 5.26 Å². The Morgan fingerprint density at radius 1 is 1.19 bits per heavy atom. The molecule has 0 aliphatic carbocycles. The van der Waals surface area contributed by atoms with Crippen LogP contribution in [-0.2, 0) is 6.61 Å². The van der Waals surface area contributed by atoms with Crippen LogP contribution in [0.4, 0.5) is 4.39 Å². The molecule has 164 valence electrons. The van der Waals surface area contributed by atoms with Gasteiger partial charge in [-0.2, -0.15) is 10.4 Å². The molecule has 8 heteroatoms.